The highest BCUT2D eigenvalue weighted by Crippen LogP contribution is 2.26. The molecule has 2 heterocycles. The van der Waals surface area contributed by atoms with Gasteiger partial charge in [-0.05, 0) is 62.5 Å². The maximum Gasteiger partial charge on any atom is 0.191 e. The normalized spacial score (nSPS) is 16.4. The third-order valence-electron chi connectivity index (χ3n) is 5.51. The van der Waals surface area contributed by atoms with Crippen molar-refractivity contribution in [3.63, 3.8) is 0 Å². The number of ether oxygens (including phenoxy) is 1. The zero-order valence-electron chi connectivity index (χ0n) is 19.0. The maximum atomic E-state index is 5.33. The quantitative estimate of drug-likeness (QED) is 0.274. The Balaban J connectivity index is 0.00000341. The fraction of sp³-hybridized carbons (Fsp3) is 0.565. The van der Waals surface area contributed by atoms with Crippen molar-refractivity contribution in [1.82, 2.24) is 25.3 Å². The number of guanidine groups is 1. The number of nitrogens with one attached hydrogen (secondary N) is 2. The molecule has 8 heteroatoms. The van der Waals surface area contributed by atoms with Crippen molar-refractivity contribution >= 4 is 29.9 Å². The molecule has 3 rings (SSSR count). The number of hydrogen-bond acceptors (Lipinski definition) is 4. The van der Waals surface area contributed by atoms with Crippen LogP contribution in [0.15, 0.2) is 47.7 Å². The van der Waals surface area contributed by atoms with Crippen LogP contribution in [0.25, 0.3) is 0 Å². The van der Waals surface area contributed by atoms with Gasteiger partial charge in [0.2, 0.25) is 0 Å². The monoisotopic (exact) mass is 540 g/mol. The second-order valence-electron chi connectivity index (χ2n) is 7.97. The summed E-state index contributed by atoms with van der Waals surface area (Å²) in [5, 5.41) is 11.3. The lowest BCUT2D eigenvalue weighted by molar-refractivity contribution is 0.245. The maximum absolute atomic E-state index is 5.33. The largest absolute Gasteiger partial charge is 0.497 e. The van der Waals surface area contributed by atoms with Gasteiger partial charge in [-0.25, -0.2) is 0 Å². The van der Waals surface area contributed by atoms with Gasteiger partial charge in [-0.3, -0.25) is 14.6 Å². The lowest BCUT2D eigenvalue weighted by Gasteiger charge is -2.29. The van der Waals surface area contributed by atoms with Gasteiger partial charge in [0.15, 0.2) is 5.96 Å². The van der Waals surface area contributed by atoms with Gasteiger partial charge in [0, 0.05) is 38.6 Å². The molecular weight excluding hydrogens is 503 g/mol. The van der Waals surface area contributed by atoms with Crippen molar-refractivity contribution in [3.8, 4) is 5.75 Å². The van der Waals surface area contributed by atoms with Crippen molar-refractivity contribution in [2.45, 2.75) is 39.3 Å². The first-order chi connectivity index (χ1) is 14.7. The molecule has 0 spiro atoms. The van der Waals surface area contributed by atoms with Gasteiger partial charge in [0.1, 0.15) is 5.75 Å². The molecule has 2 unspecified atom stereocenters. The Morgan fingerprint density at radius 1 is 1.19 bits per heavy atom. The highest BCUT2D eigenvalue weighted by Gasteiger charge is 2.23. The molecule has 2 atom stereocenters. The molecule has 2 aromatic rings. The summed E-state index contributed by atoms with van der Waals surface area (Å²) in [6.45, 7) is 9.90. The molecule has 1 aromatic heterocycles. The number of nitrogens with zero attached hydrogens (tertiary/aromatic N) is 4. The fourth-order valence-electron chi connectivity index (χ4n) is 3.90. The van der Waals surface area contributed by atoms with Gasteiger partial charge in [-0.1, -0.05) is 19.1 Å². The predicted molar refractivity (Wildman–Crippen MR) is 137 cm³/mol. The van der Waals surface area contributed by atoms with Crippen LogP contribution in [0.5, 0.6) is 5.75 Å². The Morgan fingerprint density at radius 3 is 2.55 bits per heavy atom. The molecule has 0 radical (unpaired) electrons. The molecule has 1 aliphatic rings. The molecule has 1 aromatic carbocycles. The first kappa shape index (κ1) is 25.5. The van der Waals surface area contributed by atoms with Crippen LogP contribution in [0.1, 0.15) is 38.3 Å². The van der Waals surface area contributed by atoms with Crippen LogP contribution in [-0.2, 0) is 6.54 Å². The molecule has 1 fully saturated rings. The third kappa shape index (κ3) is 7.99. The van der Waals surface area contributed by atoms with Crippen LogP contribution in [0.3, 0.4) is 0 Å². The first-order valence-electron chi connectivity index (χ1n) is 11.1. The minimum absolute atomic E-state index is 0. The van der Waals surface area contributed by atoms with Gasteiger partial charge in [0.25, 0.3) is 0 Å². The van der Waals surface area contributed by atoms with E-state index < -0.39 is 0 Å². The number of likely N-dealkylation sites (tertiary alicyclic amines) is 1. The Morgan fingerprint density at radius 2 is 1.94 bits per heavy atom. The summed E-state index contributed by atoms with van der Waals surface area (Å²) in [5.74, 6) is 2.19. The molecule has 0 amide bonds. The Kier molecular flexibility index (Phi) is 11.1. The molecular formula is C23H37IN6O. The van der Waals surface area contributed by atoms with Crippen LogP contribution in [0.2, 0.25) is 0 Å². The van der Waals surface area contributed by atoms with E-state index >= 15 is 0 Å². The van der Waals surface area contributed by atoms with Crippen LogP contribution in [0.4, 0.5) is 0 Å². The van der Waals surface area contributed by atoms with E-state index in [-0.39, 0.29) is 24.0 Å². The smallest absolute Gasteiger partial charge is 0.191 e. The average molecular weight is 540 g/mol. The van der Waals surface area contributed by atoms with E-state index in [0.717, 1.165) is 51.0 Å². The number of rotatable bonds is 10. The predicted octanol–water partition coefficient (Wildman–Crippen LogP) is 3.54. The number of hydrogen-bond donors (Lipinski definition) is 2. The lowest BCUT2D eigenvalue weighted by atomic mass is 10.1. The molecule has 2 N–H and O–H groups in total. The molecule has 7 nitrogen and oxygen atoms in total. The van der Waals surface area contributed by atoms with Crippen LogP contribution >= 0.6 is 24.0 Å². The molecule has 0 bridgehead atoms. The topological polar surface area (TPSA) is 66.7 Å². The second kappa shape index (κ2) is 13.6. The summed E-state index contributed by atoms with van der Waals surface area (Å²) in [6, 6.07) is 10.7. The molecule has 0 aliphatic carbocycles. The number of methoxy groups -OCH3 is 1. The number of aliphatic imine (C=N–C) groups is 1. The molecule has 31 heavy (non-hydrogen) atoms. The highest BCUT2D eigenvalue weighted by molar-refractivity contribution is 14.0. The lowest BCUT2D eigenvalue weighted by Crippen LogP contribution is -2.43. The summed E-state index contributed by atoms with van der Waals surface area (Å²) < 4.78 is 7.30. The summed E-state index contributed by atoms with van der Waals surface area (Å²) >= 11 is 0. The minimum Gasteiger partial charge on any atom is -0.497 e. The van der Waals surface area contributed by atoms with E-state index in [9.17, 15) is 0 Å². The molecule has 1 aliphatic heterocycles. The Labute approximate surface area is 203 Å². The zero-order valence-corrected chi connectivity index (χ0v) is 21.3. The van der Waals surface area contributed by atoms with E-state index in [1.54, 1.807) is 7.11 Å². The molecule has 172 valence electrons. The average Bonchev–Trinajstić information content (AvgIpc) is 3.47. The van der Waals surface area contributed by atoms with Crippen molar-refractivity contribution in [1.29, 1.82) is 0 Å². The van der Waals surface area contributed by atoms with Gasteiger partial charge in [-0.2, -0.15) is 5.10 Å². The summed E-state index contributed by atoms with van der Waals surface area (Å²) in [5.41, 5.74) is 1.31. The van der Waals surface area contributed by atoms with E-state index in [0.29, 0.717) is 12.0 Å². The van der Waals surface area contributed by atoms with Crippen molar-refractivity contribution in [3.05, 3.63) is 48.3 Å². The third-order valence-corrected chi connectivity index (χ3v) is 5.51. The van der Waals surface area contributed by atoms with Crippen LogP contribution < -0.4 is 15.4 Å². The van der Waals surface area contributed by atoms with Crippen molar-refractivity contribution in [2.24, 2.45) is 10.9 Å². The van der Waals surface area contributed by atoms with E-state index in [1.807, 2.05) is 23.1 Å². The van der Waals surface area contributed by atoms with Crippen molar-refractivity contribution < 1.29 is 4.74 Å². The van der Waals surface area contributed by atoms with Gasteiger partial charge in [-0.15, -0.1) is 24.0 Å². The first-order valence-corrected chi connectivity index (χ1v) is 11.1. The zero-order chi connectivity index (χ0) is 21.2. The highest BCUT2D eigenvalue weighted by atomic mass is 127. The van der Waals surface area contributed by atoms with E-state index in [1.165, 1.54) is 18.4 Å². The number of benzene rings is 1. The Bertz CT molecular complexity index is 759. The summed E-state index contributed by atoms with van der Waals surface area (Å²) in [7, 11) is 1.71. The Hall–Kier alpha value is -1.81. The van der Waals surface area contributed by atoms with Gasteiger partial charge in [0.05, 0.1) is 13.2 Å². The fourth-order valence-corrected chi connectivity index (χ4v) is 3.90. The van der Waals surface area contributed by atoms with Crippen molar-refractivity contribution in [2.75, 3.05) is 39.8 Å². The van der Waals surface area contributed by atoms with Crippen LogP contribution in [-0.4, -0.2) is 60.5 Å². The van der Waals surface area contributed by atoms with E-state index in [4.69, 9.17) is 9.73 Å². The minimum atomic E-state index is 0. The van der Waals surface area contributed by atoms with Gasteiger partial charge >= 0.3 is 0 Å². The standard InChI is InChI=1S/C23H36N6O.HI/c1-4-24-23(25-16-19(2)18-29-15-7-12-27-29)26-17-22(28-13-5-6-14-28)20-8-10-21(30-3)11-9-20;/h7-12,15,19,22H,4-6,13-14,16-18H2,1-3H3,(H2,24,25,26);1H. The SMILES string of the molecule is CCNC(=NCC(C)Cn1cccn1)NCC(c1ccc(OC)cc1)N1CCCC1.I. The summed E-state index contributed by atoms with van der Waals surface area (Å²) in [6.07, 6.45) is 6.36. The molecule has 0 saturated carbocycles. The number of halogens is 1. The van der Waals surface area contributed by atoms with Gasteiger partial charge < -0.3 is 15.4 Å². The van der Waals surface area contributed by atoms with E-state index in [2.05, 4.69) is 58.7 Å². The van der Waals surface area contributed by atoms with Crippen LogP contribution in [0, 0.1) is 5.92 Å². The second-order valence-corrected chi connectivity index (χ2v) is 7.97. The molecule has 1 saturated heterocycles. The summed E-state index contributed by atoms with van der Waals surface area (Å²) in [4.78, 5) is 7.40. The number of aromatic nitrogens is 2.